The molecule has 1 atom stereocenters. The molecule has 2 heterocycles. The Bertz CT molecular complexity index is 1280. The summed E-state index contributed by atoms with van der Waals surface area (Å²) in [5.74, 6) is -0.257. The molecule has 0 fully saturated rings. The summed E-state index contributed by atoms with van der Waals surface area (Å²) in [5.41, 5.74) is 4.51. The number of ketones is 1. The van der Waals surface area contributed by atoms with Crippen molar-refractivity contribution in [2.45, 2.75) is 18.8 Å². The van der Waals surface area contributed by atoms with E-state index in [-0.39, 0.29) is 17.5 Å². The second-order valence-electron chi connectivity index (χ2n) is 8.55. The van der Waals surface area contributed by atoms with Gasteiger partial charge in [-0.15, -0.1) is 0 Å². The zero-order valence-electron chi connectivity index (χ0n) is 18.4. The molecular formula is C29H26FNO2. The molecule has 0 spiro atoms. The lowest BCUT2D eigenvalue weighted by Crippen LogP contribution is -2.31. The molecule has 0 radical (unpaired) electrons. The number of hydrogen-bond donors (Lipinski definition) is 0. The summed E-state index contributed by atoms with van der Waals surface area (Å²) in [6, 6.07) is 24.4. The van der Waals surface area contributed by atoms with Crippen LogP contribution in [-0.4, -0.2) is 30.3 Å². The maximum Gasteiger partial charge on any atom is 0.170 e. The number of furan rings is 1. The van der Waals surface area contributed by atoms with Gasteiger partial charge in [0.25, 0.3) is 0 Å². The van der Waals surface area contributed by atoms with Crippen molar-refractivity contribution in [3.8, 4) is 0 Å². The Balaban J connectivity index is 1.30. The van der Waals surface area contributed by atoms with Crippen molar-refractivity contribution in [3.05, 3.63) is 114 Å². The van der Waals surface area contributed by atoms with Gasteiger partial charge in [0.15, 0.2) is 5.78 Å². The molecule has 1 aliphatic heterocycles. The highest BCUT2D eigenvalue weighted by Gasteiger charge is 2.24. The normalized spacial score (nSPS) is 15.4. The van der Waals surface area contributed by atoms with E-state index < -0.39 is 0 Å². The van der Waals surface area contributed by atoms with Gasteiger partial charge in [0.2, 0.25) is 0 Å². The summed E-state index contributed by atoms with van der Waals surface area (Å²) in [7, 11) is 0. The molecule has 4 aromatic rings. The Hall–Kier alpha value is -3.50. The van der Waals surface area contributed by atoms with Crippen molar-refractivity contribution in [1.29, 1.82) is 0 Å². The fourth-order valence-electron chi connectivity index (χ4n) is 4.69. The van der Waals surface area contributed by atoms with E-state index >= 15 is 0 Å². The molecular weight excluding hydrogens is 413 g/mol. The van der Waals surface area contributed by atoms with Crippen molar-refractivity contribution in [3.63, 3.8) is 0 Å². The van der Waals surface area contributed by atoms with Gasteiger partial charge in [-0.05, 0) is 48.7 Å². The van der Waals surface area contributed by atoms with Crippen LogP contribution < -0.4 is 0 Å². The molecule has 4 heteroatoms. The lowest BCUT2D eigenvalue weighted by molar-refractivity contribution is 0.0948. The van der Waals surface area contributed by atoms with Gasteiger partial charge in [0.1, 0.15) is 11.4 Å². The standard InChI is InChI=1S/C29H26FNO2/c30-25-19-24-14-18-33-29(24)27(20-25)22-11-15-31(16-12-22)17-13-26(21-7-3-1-4-8-21)28(32)23-9-5-2-6-10-23/h1-11,14,18-20,26H,12-13,15-17H2. The van der Waals surface area contributed by atoms with Crippen LogP contribution in [0.15, 0.2) is 95.6 Å². The Morgan fingerprint density at radius 2 is 1.76 bits per heavy atom. The van der Waals surface area contributed by atoms with Crippen LogP contribution in [0.3, 0.4) is 0 Å². The number of carbonyl (C=O) groups excluding carboxylic acids is 1. The quantitative estimate of drug-likeness (QED) is 0.300. The minimum absolute atomic E-state index is 0.162. The minimum Gasteiger partial charge on any atom is -0.464 e. The third kappa shape index (κ3) is 4.67. The zero-order chi connectivity index (χ0) is 22.6. The monoisotopic (exact) mass is 439 g/mol. The number of fused-ring (bicyclic) bond motifs is 1. The third-order valence-electron chi connectivity index (χ3n) is 6.47. The van der Waals surface area contributed by atoms with Gasteiger partial charge >= 0.3 is 0 Å². The molecule has 0 aliphatic carbocycles. The molecule has 0 saturated heterocycles. The van der Waals surface area contributed by atoms with E-state index in [1.807, 2.05) is 60.7 Å². The molecule has 1 aromatic heterocycles. The minimum atomic E-state index is -0.243. The second-order valence-corrected chi connectivity index (χ2v) is 8.55. The summed E-state index contributed by atoms with van der Waals surface area (Å²) in [4.78, 5) is 15.7. The van der Waals surface area contributed by atoms with E-state index in [9.17, 15) is 9.18 Å². The summed E-state index contributed by atoms with van der Waals surface area (Å²) >= 11 is 0. The second kappa shape index (κ2) is 9.55. The van der Waals surface area contributed by atoms with Crippen LogP contribution in [0.4, 0.5) is 4.39 Å². The Kier molecular flexibility index (Phi) is 6.18. The highest BCUT2D eigenvalue weighted by Crippen LogP contribution is 2.32. The fraction of sp³-hybridized carbons (Fsp3) is 0.207. The van der Waals surface area contributed by atoms with Crippen molar-refractivity contribution in [2.75, 3.05) is 19.6 Å². The summed E-state index contributed by atoms with van der Waals surface area (Å²) in [5, 5.41) is 0.790. The van der Waals surface area contributed by atoms with Gasteiger partial charge in [0, 0.05) is 35.5 Å². The summed E-state index contributed by atoms with van der Waals surface area (Å²) < 4.78 is 19.7. The van der Waals surface area contributed by atoms with Crippen molar-refractivity contribution >= 4 is 22.3 Å². The largest absolute Gasteiger partial charge is 0.464 e. The molecule has 1 unspecified atom stereocenters. The van der Waals surface area contributed by atoms with Crippen LogP contribution in [0.1, 0.15) is 40.2 Å². The lowest BCUT2D eigenvalue weighted by atomic mass is 9.87. The van der Waals surface area contributed by atoms with Gasteiger partial charge < -0.3 is 4.42 Å². The topological polar surface area (TPSA) is 33.5 Å². The first-order valence-corrected chi connectivity index (χ1v) is 11.4. The Labute approximate surface area is 193 Å². The predicted octanol–water partition coefficient (Wildman–Crippen LogP) is 6.72. The number of nitrogens with zero attached hydrogens (tertiary/aromatic N) is 1. The van der Waals surface area contributed by atoms with E-state index in [0.717, 1.165) is 65.7 Å². The van der Waals surface area contributed by atoms with E-state index in [2.05, 4.69) is 11.0 Å². The molecule has 0 amide bonds. The SMILES string of the molecule is O=C(c1ccccc1)C(CCN1CC=C(c2cc(F)cc3ccoc23)CC1)c1ccccc1. The van der Waals surface area contributed by atoms with Crippen LogP contribution in [0.2, 0.25) is 0 Å². The first kappa shape index (κ1) is 21.4. The van der Waals surface area contributed by atoms with E-state index in [1.54, 1.807) is 18.4 Å². The van der Waals surface area contributed by atoms with Crippen LogP contribution >= 0.6 is 0 Å². The number of hydrogen-bond acceptors (Lipinski definition) is 3. The smallest absolute Gasteiger partial charge is 0.170 e. The first-order valence-electron chi connectivity index (χ1n) is 11.4. The average Bonchev–Trinajstić information content (AvgIpc) is 3.33. The maximum atomic E-state index is 14.1. The average molecular weight is 440 g/mol. The summed E-state index contributed by atoms with van der Waals surface area (Å²) in [6.45, 7) is 2.46. The fourth-order valence-corrected chi connectivity index (χ4v) is 4.69. The van der Waals surface area contributed by atoms with Crippen molar-refractivity contribution in [1.82, 2.24) is 4.90 Å². The molecule has 5 rings (SSSR count). The van der Waals surface area contributed by atoms with Gasteiger partial charge in [-0.1, -0.05) is 66.7 Å². The molecule has 0 bridgehead atoms. The molecule has 3 aromatic carbocycles. The van der Waals surface area contributed by atoms with E-state index in [1.165, 1.54) is 6.07 Å². The number of carbonyl (C=O) groups is 1. The predicted molar refractivity (Wildman–Crippen MR) is 130 cm³/mol. The summed E-state index contributed by atoms with van der Waals surface area (Å²) in [6.07, 6.45) is 5.35. The Morgan fingerprint density at radius 1 is 1.00 bits per heavy atom. The van der Waals surface area contributed by atoms with Crippen LogP contribution in [0.5, 0.6) is 0 Å². The Morgan fingerprint density at radius 3 is 2.48 bits per heavy atom. The van der Waals surface area contributed by atoms with Gasteiger partial charge in [0.05, 0.1) is 6.26 Å². The maximum absolute atomic E-state index is 14.1. The van der Waals surface area contributed by atoms with Crippen molar-refractivity contribution in [2.24, 2.45) is 0 Å². The zero-order valence-corrected chi connectivity index (χ0v) is 18.4. The van der Waals surface area contributed by atoms with Gasteiger partial charge in [-0.2, -0.15) is 0 Å². The highest BCUT2D eigenvalue weighted by molar-refractivity contribution is 6.01. The number of halogens is 1. The van der Waals surface area contributed by atoms with Gasteiger partial charge in [-0.3, -0.25) is 9.69 Å². The van der Waals surface area contributed by atoms with Crippen LogP contribution in [-0.2, 0) is 0 Å². The van der Waals surface area contributed by atoms with Crippen LogP contribution in [0, 0.1) is 5.82 Å². The van der Waals surface area contributed by atoms with E-state index in [0.29, 0.717) is 0 Å². The molecule has 166 valence electrons. The number of Topliss-reactive ketones (excluding diaryl/α,β-unsaturated/α-hetero) is 1. The van der Waals surface area contributed by atoms with E-state index in [4.69, 9.17) is 4.42 Å². The highest BCUT2D eigenvalue weighted by atomic mass is 19.1. The third-order valence-corrected chi connectivity index (χ3v) is 6.47. The molecule has 0 N–H and O–H groups in total. The number of rotatable bonds is 7. The van der Waals surface area contributed by atoms with Crippen LogP contribution in [0.25, 0.3) is 16.5 Å². The molecule has 1 aliphatic rings. The van der Waals surface area contributed by atoms with Crippen molar-refractivity contribution < 1.29 is 13.6 Å². The number of benzene rings is 3. The first-order chi connectivity index (χ1) is 16.2. The van der Waals surface area contributed by atoms with Gasteiger partial charge in [-0.25, -0.2) is 4.39 Å². The molecule has 3 nitrogen and oxygen atoms in total. The molecule has 0 saturated carbocycles. The molecule has 33 heavy (non-hydrogen) atoms. The lowest BCUT2D eigenvalue weighted by Gasteiger charge is -2.28.